The fraction of sp³-hybridized carbons (Fsp3) is 0.458. The molecule has 0 saturated carbocycles. The molecule has 4 nitrogen and oxygen atoms in total. The standard InChI is InChI=1S/C24H30ClF3N2O2/c1-6-15(2)14-30(4)16(3)22(17-9-7-10-18(13-17)32-5)29-23(31)19-11-8-12-20(21(19)25)24(26,27)28/h7-13,15-16,22H,6,14H2,1-5H3,(H,29,31). The number of ether oxygens (including phenoxy) is 1. The molecule has 3 atom stereocenters. The molecule has 0 saturated heterocycles. The first-order chi connectivity index (χ1) is 15.0. The Kier molecular flexibility index (Phi) is 8.98. The maximum atomic E-state index is 13.3. The summed E-state index contributed by atoms with van der Waals surface area (Å²) >= 11 is 5.98. The van der Waals surface area contributed by atoms with Gasteiger partial charge in [0.1, 0.15) is 5.75 Å². The highest BCUT2D eigenvalue weighted by atomic mass is 35.5. The van der Waals surface area contributed by atoms with Crippen LogP contribution in [-0.2, 0) is 6.18 Å². The van der Waals surface area contributed by atoms with Gasteiger partial charge in [0.15, 0.2) is 0 Å². The number of hydrogen-bond acceptors (Lipinski definition) is 3. The molecule has 0 heterocycles. The number of nitrogens with one attached hydrogen (secondary N) is 1. The number of methoxy groups -OCH3 is 1. The second-order valence-corrected chi connectivity index (χ2v) is 8.46. The van der Waals surface area contributed by atoms with Crippen LogP contribution in [0.1, 0.15) is 54.7 Å². The summed E-state index contributed by atoms with van der Waals surface area (Å²) in [7, 11) is 3.51. The molecule has 0 aromatic heterocycles. The molecule has 2 aromatic rings. The molecular formula is C24H30ClF3N2O2. The lowest BCUT2D eigenvalue weighted by Gasteiger charge is -2.34. The number of carbonyl (C=O) groups excluding carboxylic acids is 1. The van der Waals surface area contributed by atoms with Crippen LogP contribution in [0, 0.1) is 5.92 Å². The quantitative estimate of drug-likeness (QED) is 0.474. The van der Waals surface area contributed by atoms with E-state index in [9.17, 15) is 18.0 Å². The van der Waals surface area contributed by atoms with Crippen molar-refractivity contribution in [3.63, 3.8) is 0 Å². The first-order valence-electron chi connectivity index (χ1n) is 10.5. The Hall–Kier alpha value is -2.25. The van der Waals surface area contributed by atoms with Gasteiger partial charge in [-0.05, 0) is 49.7 Å². The lowest BCUT2D eigenvalue weighted by molar-refractivity contribution is -0.137. The molecule has 2 rings (SSSR count). The summed E-state index contributed by atoms with van der Waals surface area (Å²) in [4.78, 5) is 15.2. The maximum absolute atomic E-state index is 13.3. The van der Waals surface area contributed by atoms with Crippen LogP contribution in [0.15, 0.2) is 42.5 Å². The van der Waals surface area contributed by atoms with Gasteiger partial charge in [-0.15, -0.1) is 0 Å². The predicted octanol–water partition coefficient (Wildman–Crippen LogP) is 6.20. The van der Waals surface area contributed by atoms with Crippen molar-refractivity contribution >= 4 is 17.5 Å². The molecule has 0 fully saturated rings. The molecular weight excluding hydrogens is 441 g/mol. The van der Waals surface area contributed by atoms with Gasteiger partial charge in [0.25, 0.3) is 5.91 Å². The first-order valence-corrected chi connectivity index (χ1v) is 10.9. The van der Waals surface area contributed by atoms with Crippen molar-refractivity contribution in [3.8, 4) is 5.75 Å². The molecule has 32 heavy (non-hydrogen) atoms. The van der Waals surface area contributed by atoms with E-state index in [4.69, 9.17) is 16.3 Å². The third-order valence-electron chi connectivity index (χ3n) is 5.76. The van der Waals surface area contributed by atoms with E-state index in [0.29, 0.717) is 11.7 Å². The van der Waals surface area contributed by atoms with Crippen LogP contribution < -0.4 is 10.1 Å². The molecule has 0 aliphatic heterocycles. The zero-order valence-corrected chi connectivity index (χ0v) is 19.7. The largest absolute Gasteiger partial charge is 0.497 e. The minimum Gasteiger partial charge on any atom is -0.497 e. The van der Waals surface area contributed by atoms with Gasteiger partial charge in [0.2, 0.25) is 0 Å². The van der Waals surface area contributed by atoms with Gasteiger partial charge in [0, 0.05) is 12.6 Å². The third-order valence-corrected chi connectivity index (χ3v) is 6.17. The Balaban J connectivity index is 2.41. The summed E-state index contributed by atoms with van der Waals surface area (Å²) in [6.07, 6.45) is -3.64. The summed E-state index contributed by atoms with van der Waals surface area (Å²) in [5, 5.41) is 2.30. The van der Waals surface area contributed by atoms with Gasteiger partial charge in [-0.3, -0.25) is 4.79 Å². The SMILES string of the molecule is CCC(C)CN(C)C(C)C(NC(=O)c1cccc(C(F)(F)F)c1Cl)c1cccc(OC)c1. The fourth-order valence-electron chi connectivity index (χ4n) is 3.50. The molecule has 8 heteroatoms. The van der Waals surface area contributed by atoms with E-state index < -0.39 is 28.7 Å². The molecule has 2 aromatic carbocycles. The van der Waals surface area contributed by atoms with Crippen LogP contribution in [0.25, 0.3) is 0 Å². The lowest BCUT2D eigenvalue weighted by Crippen LogP contribution is -2.44. The Labute approximate surface area is 192 Å². The van der Waals surface area contributed by atoms with Crippen molar-refractivity contribution in [2.75, 3.05) is 20.7 Å². The number of halogens is 4. The van der Waals surface area contributed by atoms with E-state index in [0.717, 1.165) is 24.6 Å². The minimum absolute atomic E-state index is 0.148. The second-order valence-electron chi connectivity index (χ2n) is 8.09. The van der Waals surface area contributed by atoms with E-state index in [2.05, 4.69) is 24.1 Å². The van der Waals surface area contributed by atoms with Crippen LogP contribution in [0.2, 0.25) is 5.02 Å². The zero-order valence-electron chi connectivity index (χ0n) is 19.0. The van der Waals surface area contributed by atoms with Crippen molar-refractivity contribution in [1.29, 1.82) is 0 Å². The van der Waals surface area contributed by atoms with Crippen molar-refractivity contribution in [3.05, 3.63) is 64.2 Å². The number of likely N-dealkylation sites (N-methyl/N-ethyl adjacent to an activating group) is 1. The van der Waals surface area contributed by atoms with Gasteiger partial charge in [0.05, 0.1) is 29.3 Å². The molecule has 0 spiro atoms. The highest BCUT2D eigenvalue weighted by Gasteiger charge is 2.35. The number of amides is 1. The average Bonchev–Trinajstić information content (AvgIpc) is 2.75. The number of nitrogens with zero attached hydrogens (tertiary/aromatic N) is 1. The van der Waals surface area contributed by atoms with Crippen LogP contribution >= 0.6 is 11.6 Å². The molecule has 3 unspecified atom stereocenters. The molecule has 1 N–H and O–H groups in total. The molecule has 0 radical (unpaired) electrons. The molecule has 0 aliphatic carbocycles. The monoisotopic (exact) mass is 470 g/mol. The molecule has 0 aliphatic rings. The number of alkyl halides is 3. The van der Waals surface area contributed by atoms with Crippen molar-refractivity contribution in [1.82, 2.24) is 10.2 Å². The van der Waals surface area contributed by atoms with Gasteiger partial charge in [-0.2, -0.15) is 13.2 Å². The van der Waals surface area contributed by atoms with Gasteiger partial charge in [-0.1, -0.05) is 50.1 Å². The fourth-order valence-corrected chi connectivity index (χ4v) is 3.82. The van der Waals surface area contributed by atoms with Gasteiger partial charge >= 0.3 is 6.18 Å². The van der Waals surface area contributed by atoms with Crippen LogP contribution in [0.3, 0.4) is 0 Å². The van der Waals surface area contributed by atoms with Crippen molar-refractivity contribution < 1.29 is 22.7 Å². The second kappa shape index (κ2) is 11.1. The Morgan fingerprint density at radius 1 is 1.19 bits per heavy atom. The highest BCUT2D eigenvalue weighted by Crippen LogP contribution is 2.36. The maximum Gasteiger partial charge on any atom is 0.417 e. The van der Waals surface area contributed by atoms with E-state index in [1.807, 2.05) is 32.2 Å². The van der Waals surface area contributed by atoms with E-state index in [1.54, 1.807) is 13.2 Å². The molecule has 0 bridgehead atoms. The number of hydrogen-bond donors (Lipinski definition) is 1. The van der Waals surface area contributed by atoms with Gasteiger partial charge in [-0.25, -0.2) is 0 Å². The highest BCUT2D eigenvalue weighted by molar-refractivity contribution is 6.34. The third kappa shape index (κ3) is 6.39. The Morgan fingerprint density at radius 3 is 2.44 bits per heavy atom. The predicted molar refractivity (Wildman–Crippen MR) is 121 cm³/mol. The number of benzene rings is 2. The molecule has 176 valence electrons. The average molecular weight is 471 g/mol. The lowest BCUT2D eigenvalue weighted by atomic mass is 9.97. The Morgan fingerprint density at radius 2 is 1.84 bits per heavy atom. The zero-order chi connectivity index (χ0) is 24.1. The van der Waals surface area contributed by atoms with Crippen LogP contribution in [0.5, 0.6) is 5.75 Å². The van der Waals surface area contributed by atoms with Crippen molar-refractivity contribution in [2.24, 2.45) is 5.92 Å². The summed E-state index contributed by atoms with van der Waals surface area (Å²) in [5.41, 5.74) is -0.470. The summed E-state index contributed by atoms with van der Waals surface area (Å²) in [5.74, 6) is 0.398. The number of carbonyl (C=O) groups is 1. The summed E-state index contributed by atoms with van der Waals surface area (Å²) in [6.45, 7) is 7.03. The minimum atomic E-state index is -4.65. The molecule has 1 amide bonds. The van der Waals surface area contributed by atoms with E-state index in [1.165, 1.54) is 12.1 Å². The smallest absolute Gasteiger partial charge is 0.417 e. The Bertz CT molecular complexity index is 920. The normalized spacial score (nSPS) is 14.7. The number of rotatable bonds is 9. The van der Waals surface area contributed by atoms with E-state index in [-0.39, 0.29) is 11.6 Å². The van der Waals surface area contributed by atoms with Crippen LogP contribution in [-0.4, -0.2) is 37.6 Å². The topological polar surface area (TPSA) is 41.6 Å². The van der Waals surface area contributed by atoms with E-state index >= 15 is 0 Å². The van der Waals surface area contributed by atoms with Crippen molar-refractivity contribution in [2.45, 2.75) is 45.5 Å². The summed E-state index contributed by atoms with van der Waals surface area (Å²) < 4.78 is 45.1. The van der Waals surface area contributed by atoms with Gasteiger partial charge < -0.3 is 15.0 Å². The summed E-state index contributed by atoms with van der Waals surface area (Å²) in [6, 6.07) is 9.96. The first kappa shape index (κ1) is 26.0. The van der Waals surface area contributed by atoms with Crippen LogP contribution in [0.4, 0.5) is 13.2 Å².